The molecule has 0 radical (unpaired) electrons. The summed E-state index contributed by atoms with van der Waals surface area (Å²) in [5.41, 5.74) is 0. The monoisotopic (exact) mass is 337 g/mol. The first-order chi connectivity index (χ1) is 10.5. The molecule has 0 bridgehead atoms. The number of hydrogen-bond acceptors (Lipinski definition) is 7. The van der Waals surface area contributed by atoms with E-state index in [1.54, 1.807) is 0 Å². The minimum atomic E-state index is -1.48. The van der Waals surface area contributed by atoms with E-state index in [1.165, 1.54) is 4.90 Å². The van der Waals surface area contributed by atoms with Crippen LogP contribution >= 0.6 is 11.6 Å². The fraction of sp³-hybridized carbons (Fsp3) is 0.917. The van der Waals surface area contributed by atoms with Gasteiger partial charge in [0.15, 0.2) is 6.23 Å². The molecule has 0 unspecified atom stereocenters. The molecule has 1 saturated heterocycles. The van der Waals surface area contributed by atoms with E-state index in [1.807, 2.05) is 0 Å². The third-order valence-electron chi connectivity index (χ3n) is 3.79. The number of nitrogens with zero attached hydrogens (tertiary/aromatic N) is 3. The quantitative estimate of drug-likeness (QED) is 0.340. The van der Waals surface area contributed by atoms with Gasteiger partial charge < -0.3 is 20.1 Å². The lowest BCUT2D eigenvalue weighted by Gasteiger charge is -2.41. The molecule has 0 spiro atoms. The Hall–Kier alpha value is -1.00. The van der Waals surface area contributed by atoms with Gasteiger partial charge in [0.25, 0.3) is 0 Å². The van der Waals surface area contributed by atoms with Crippen molar-refractivity contribution in [3.05, 3.63) is 4.91 Å². The van der Waals surface area contributed by atoms with Gasteiger partial charge in [-0.2, -0.15) is 5.01 Å². The lowest BCUT2D eigenvalue weighted by Crippen LogP contribution is -2.62. The van der Waals surface area contributed by atoms with Crippen molar-refractivity contribution in [2.24, 2.45) is 11.2 Å². The fourth-order valence-corrected chi connectivity index (χ4v) is 2.49. The van der Waals surface area contributed by atoms with E-state index >= 15 is 0 Å². The second kappa shape index (κ2) is 7.51. The van der Waals surface area contributed by atoms with Gasteiger partial charge in [-0.3, -0.25) is 4.90 Å². The van der Waals surface area contributed by atoms with Crippen molar-refractivity contribution in [1.29, 1.82) is 0 Å². The summed E-state index contributed by atoms with van der Waals surface area (Å²) in [4.78, 5) is 24.4. The van der Waals surface area contributed by atoms with E-state index in [9.17, 15) is 25.0 Å². The number of hydrogen-bond donors (Lipinski definition) is 3. The highest BCUT2D eigenvalue weighted by Crippen LogP contribution is 2.32. The summed E-state index contributed by atoms with van der Waals surface area (Å²) in [6.07, 6.45) is -3.42. The van der Waals surface area contributed by atoms with Gasteiger partial charge in [-0.05, 0) is 18.8 Å². The summed E-state index contributed by atoms with van der Waals surface area (Å²) < 4.78 is 5.30. The summed E-state index contributed by atoms with van der Waals surface area (Å²) in [6, 6.07) is -0.741. The zero-order valence-corrected chi connectivity index (χ0v) is 12.7. The molecule has 2 rings (SSSR count). The van der Waals surface area contributed by atoms with Crippen molar-refractivity contribution in [1.82, 2.24) is 9.91 Å². The number of aliphatic hydroxyl groups is 3. The Morgan fingerprint density at radius 1 is 1.27 bits per heavy atom. The van der Waals surface area contributed by atoms with Gasteiger partial charge in [-0.1, -0.05) is 0 Å². The van der Waals surface area contributed by atoms with Crippen molar-refractivity contribution in [2.75, 3.05) is 25.6 Å². The Kier molecular flexibility index (Phi) is 5.93. The van der Waals surface area contributed by atoms with Crippen LogP contribution in [0.25, 0.3) is 0 Å². The molecule has 2 aliphatic rings. The van der Waals surface area contributed by atoms with Crippen molar-refractivity contribution >= 4 is 17.6 Å². The molecule has 3 N–H and O–H groups in total. The van der Waals surface area contributed by atoms with Crippen LogP contribution in [0.1, 0.15) is 12.8 Å². The van der Waals surface area contributed by atoms with Gasteiger partial charge in [-0.15, -0.1) is 16.5 Å². The maximum absolute atomic E-state index is 12.4. The molecule has 126 valence electrons. The molecule has 1 saturated carbocycles. The average Bonchev–Trinajstić information content (AvgIpc) is 3.32. The summed E-state index contributed by atoms with van der Waals surface area (Å²) >= 11 is 5.53. The number of ether oxygens (including phenoxy) is 1. The number of aliphatic hydroxyl groups excluding tert-OH is 3. The third-order valence-corrected chi connectivity index (χ3v) is 3.96. The van der Waals surface area contributed by atoms with E-state index in [-0.39, 0.29) is 31.5 Å². The van der Waals surface area contributed by atoms with Crippen LogP contribution in [0.15, 0.2) is 5.29 Å². The van der Waals surface area contributed by atoms with Gasteiger partial charge in [0.1, 0.15) is 18.3 Å². The molecule has 2 fully saturated rings. The first-order valence-corrected chi connectivity index (χ1v) is 7.66. The molecule has 1 aliphatic heterocycles. The number of urea groups is 1. The van der Waals surface area contributed by atoms with Crippen molar-refractivity contribution < 1.29 is 24.9 Å². The predicted molar refractivity (Wildman–Crippen MR) is 75.8 cm³/mol. The highest BCUT2D eigenvalue weighted by molar-refractivity contribution is 6.18. The van der Waals surface area contributed by atoms with Crippen molar-refractivity contribution in [2.45, 2.75) is 37.4 Å². The van der Waals surface area contributed by atoms with Gasteiger partial charge >= 0.3 is 6.03 Å². The molecular weight excluding hydrogens is 318 g/mol. The topological polar surface area (TPSA) is 123 Å². The number of carbonyl (C=O) groups excluding carboxylic acids is 1. The number of carbonyl (C=O) groups is 1. The number of amides is 2. The van der Waals surface area contributed by atoms with Crippen LogP contribution in [0.3, 0.4) is 0 Å². The Balaban J connectivity index is 2.14. The molecule has 4 atom stereocenters. The van der Waals surface area contributed by atoms with Gasteiger partial charge in [0.05, 0.1) is 18.4 Å². The molecule has 1 aliphatic carbocycles. The number of nitroso groups, excluding NO2 is 1. The molecule has 0 aromatic carbocycles. The minimum absolute atomic E-state index is 0.0319. The molecule has 2 amide bonds. The van der Waals surface area contributed by atoms with Gasteiger partial charge in [0.2, 0.25) is 0 Å². The van der Waals surface area contributed by atoms with Gasteiger partial charge in [0, 0.05) is 12.4 Å². The lowest BCUT2D eigenvalue weighted by molar-refractivity contribution is -0.220. The van der Waals surface area contributed by atoms with Crippen LogP contribution in [-0.2, 0) is 4.74 Å². The summed E-state index contributed by atoms with van der Waals surface area (Å²) in [6.45, 7) is -0.0158. The number of alkyl halides is 1. The van der Waals surface area contributed by atoms with Crippen LogP contribution in [0, 0.1) is 10.8 Å². The van der Waals surface area contributed by atoms with E-state index in [0.717, 1.165) is 12.8 Å². The Labute approximate surface area is 132 Å². The molecule has 1 heterocycles. The van der Waals surface area contributed by atoms with Crippen LogP contribution in [0.5, 0.6) is 0 Å². The average molecular weight is 338 g/mol. The van der Waals surface area contributed by atoms with Crippen molar-refractivity contribution in [3.8, 4) is 0 Å². The largest absolute Gasteiger partial charge is 0.388 e. The van der Waals surface area contributed by atoms with E-state index < -0.39 is 30.6 Å². The maximum Gasteiger partial charge on any atom is 0.345 e. The maximum atomic E-state index is 12.4. The lowest BCUT2D eigenvalue weighted by atomic mass is 10.0. The second-order valence-electron chi connectivity index (χ2n) is 5.54. The van der Waals surface area contributed by atoms with Crippen LogP contribution in [0.4, 0.5) is 4.79 Å². The molecule has 22 heavy (non-hydrogen) atoms. The van der Waals surface area contributed by atoms with Crippen LogP contribution < -0.4 is 0 Å². The van der Waals surface area contributed by atoms with E-state index in [0.29, 0.717) is 5.01 Å². The summed E-state index contributed by atoms with van der Waals surface area (Å²) in [5, 5.41) is 32.6. The predicted octanol–water partition coefficient (Wildman–Crippen LogP) is -0.520. The van der Waals surface area contributed by atoms with Gasteiger partial charge in [-0.25, -0.2) is 4.79 Å². The summed E-state index contributed by atoms with van der Waals surface area (Å²) in [5.74, 6) is 0.290. The summed E-state index contributed by atoms with van der Waals surface area (Å²) in [7, 11) is 0. The zero-order chi connectivity index (χ0) is 16.3. The molecule has 9 nitrogen and oxygen atoms in total. The second-order valence-corrected chi connectivity index (χ2v) is 5.92. The smallest absolute Gasteiger partial charge is 0.345 e. The normalized spacial score (nSPS) is 31.6. The zero-order valence-electron chi connectivity index (χ0n) is 11.9. The minimum Gasteiger partial charge on any atom is -0.388 e. The Bertz CT molecular complexity index is 410. The highest BCUT2D eigenvalue weighted by atomic mass is 35.5. The first-order valence-electron chi connectivity index (χ1n) is 7.12. The van der Waals surface area contributed by atoms with Crippen LogP contribution in [-0.4, -0.2) is 81.4 Å². The highest BCUT2D eigenvalue weighted by Gasteiger charge is 2.44. The Morgan fingerprint density at radius 3 is 2.50 bits per heavy atom. The molecule has 0 aromatic rings. The Morgan fingerprint density at radius 2 is 1.95 bits per heavy atom. The van der Waals surface area contributed by atoms with Crippen molar-refractivity contribution in [3.63, 3.8) is 0 Å². The molecule has 0 aromatic heterocycles. The van der Waals surface area contributed by atoms with E-state index in [4.69, 9.17) is 16.3 Å². The number of halogens is 1. The molecular formula is C12H20ClN3O6. The van der Waals surface area contributed by atoms with E-state index in [2.05, 4.69) is 5.29 Å². The third kappa shape index (κ3) is 3.85. The standard InChI is InChI=1S/C12H20ClN3O6/c13-3-4-16(14-21)12(20)15(5-7-1-2-7)11-10(19)9(18)8(17)6-22-11/h7-11,17-19H,1-6H2/t8-,9-,10+,11-/m1/s1. The molecule has 10 heteroatoms. The van der Waals surface area contributed by atoms with Crippen LogP contribution in [0.2, 0.25) is 0 Å². The first kappa shape index (κ1) is 17.4. The SMILES string of the molecule is O=NN(CCCl)C(=O)N(CC1CC1)[C@@H]1OC[C@@H](O)[C@@H](O)[C@@H]1O. The fourth-order valence-electron chi connectivity index (χ4n) is 2.33. The number of rotatable bonds is 6.